The third-order valence-corrected chi connectivity index (χ3v) is 5.92. The van der Waals surface area contributed by atoms with E-state index < -0.39 is 0 Å². The summed E-state index contributed by atoms with van der Waals surface area (Å²) >= 11 is 3.57. The second-order valence-corrected chi connectivity index (χ2v) is 8.97. The predicted molar refractivity (Wildman–Crippen MR) is 137 cm³/mol. The Kier molecular flexibility index (Phi) is 9.34. The second kappa shape index (κ2) is 12.4. The number of ether oxygens (including phenoxy) is 2. The normalized spacial score (nSPS) is 11.6. The lowest BCUT2D eigenvalue weighted by molar-refractivity contribution is -0.118. The molecule has 0 spiro atoms. The van der Waals surface area contributed by atoms with Gasteiger partial charge in [0.2, 0.25) is 0 Å². The van der Waals surface area contributed by atoms with Crippen LogP contribution in [0.1, 0.15) is 30.0 Å². The molecule has 3 aromatic carbocycles. The number of amides is 1. The summed E-state index contributed by atoms with van der Waals surface area (Å²) in [5, 5.41) is 6.40. The molecule has 5 nitrogen and oxygen atoms in total. The van der Waals surface area contributed by atoms with Crippen molar-refractivity contribution in [2.75, 3.05) is 19.0 Å². The van der Waals surface area contributed by atoms with Gasteiger partial charge >= 0.3 is 0 Å². The number of nitrogens with one attached hydrogen (secondary N) is 2. The summed E-state index contributed by atoms with van der Waals surface area (Å²) < 4.78 is 12.1. The maximum absolute atomic E-state index is 12.3. The number of carbonyl (C=O) groups is 1. The van der Waals surface area contributed by atoms with Gasteiger partial charge in [-0.05, 0) is 78.0 Å². The Morgan fingerprint density at radius 2 is 1.76 bits per heavy atom. The molecule has 33 heavy (non-hydrogen) atoms. The monoisotopic (exact) mass is 510 g/mol. The van der Waals surface area contributed by atoms with Crippen molar-refractivity contribution in [1.82, 2.24) is 5.32 Å². The van der Waals surface area contributed by atoms with Gasteiger partial charge in [-0.2, -0.15) is 0 Å². The van der Waals surface area contributed by atoms with Crippen LogP contribution >= 0.6 is 15.9 Å². The van der Waals surface area contributed by atoms with Crippen molar-refractivity contribution in [3.63, 3.8) is 0 Å². The smallest absolute Gasteiger partial charge is 0.262 e. The molecular formula is C27H31BrN2O3. The van der Waals surface area contributed by atoms with Crippen LogP contribution in [0.15, 0.2) is 71.2 Å². The lowest BCUT2D eigenvalue weighted by Gasteiger charge is -2.17. The summed E-state index contributed by atoms with van der Waals surface area (Å²) in [4.78, 5) is 12.3. The number of anilines is 1. The van der Waals surface area contributed by atoms with E-state index in [1.54, 1.807) is 7.11 Å². The summed E-state index contributed by atoms with van der Waals surface area (Å²) in [5.41, 5.74) is 4.30. The number of carbonyl (C=O) groups excluding carboxylic acids is 1. The molecule has 0 fully saturated rings. The van der Waals surface area contributed by atoms with E-state index in [4.69, 9.17) is 9.47 Å². The lowest BCUT2D eigenvalue weighted by Crippen LogP contribution is -2.26. The number of methoxy groups -OCH3 is 1. The van der Waals surface area contributed by atoms with E-state index in [1.165, 1.54) is 5.56 Å². The molecule has 0 unspecified atom stereocenters. The van der Waals surface area contributed by atoms with E-state index in [0.717, 1.165) is 34.1 Å². The highest BCUT2D eigenvalue weighted by Crippen LogP contribution is 2.36. The van der Waals surface area contributed by atoms with Crippen molar-refractivity contribution >= 4 is 27.5 Å². The van der Waals surface area contributed by atoms with E-state index >= 15 is 0 Å². The Balaban J connectivity index is 1.52. The van der Waals surface area contributed by atoms with Gasteiger partial charge in [-0.25, -0.2) is 0 Å². The van der Waals surface area contributed by atoms with Crippen LogP contribution in [-0.2, 0) is 17.8 Å². The summed E-state index contributed by atoms with van der Waals surface area (Å²) in [6, 6.07) is 22.5. The highest BCUT2D eigenvalue weighted by atomic mass is 79.9. The van der Waals surface area contributed by atoms with E-state index in [0.29, 0.717) is 24.1 Å². The van der Waals surface area contributed by atoms with E-state index in [-0.39, 0.29) is 12.5 Å². The zero-order chi connectivity index (χ0) is 23.6. The van der Waals surface area contributed by atoms with Crippen LogP contribution in [0, 0.1) is 6.92 Å². The number of benzene rings is 3. The molecule has 0 saturated carbocycles. The number of rotatable bonds is 11. The minimum atomic E-state index is -0.231. The lowest BCUT2D eigenvalue weighted by atomic mass is 10.1. The van der Waals surface area contributed by atoms with Crippen molar-refractivity contribution in [2.45, 2.75) is 39.3 Å². The van der Waals surface area contributed by atoms with Crippen LogP contribution in [0.2, 0.25) is 0 Å². The molecule has 0 aliphatic rings. The molecule has 1 atom stereocenters. The Labute approximate surface area is 204 Å². The van der Waals surface area contributed by atoms with Gasteiger partial charge in [0.15, 0.2) is 18.1 Å². The molecule has 3 rings (SSSR count). The largest absolute Gasteiger partial charge is 0.493 e. The van der Waals surface area contributed by atoms with E-state index in [1.807, 2.05) is 49.4 Å². The maximum atomic E-state index is 12.3. The van der Waals surface area contributed by atoms with Crippen molar-refractivity contribution in [3.05, 3.63) is 87.9 Å². The van der Waals surface area contributed by atoms with Crippen LogP contribution in [0.4, 0.5) is 5.69 Å². The molecule has 0 bridgehead atoms. The van der Waals surface area contributed by atoms with Gasteiger partial charge in [-0.3, -0.25) is 4.79 Å². The van der Waals surface area contributed by atoms with Gasteiger partial charge in [0, 0.05) is 18.3 Å². The first-order chi connectivity index (χ1) is 15.9. The van der Waals surface area contributed by atoms with Crippen molar-refractivity contribution in [2.24, 2.45) is 0 Å². The first-order valence-corrected chi connectivity index (χ1v) is 11.9. The van der Waals surface area contributed by atoms with E-state index in [9.17, 15) is 4.79 Å². The predicted octanol–water partition coefficient (Wildman–Crippen LogP) is 5.89. The molecular weight excluding hydrogens is 480 g/mol. The molecule has 174 valence electrons. The number of hydrogen-bond donors (Lipinski definition) is 2. The van der Waals surface area contributed by atoms with Gasteiger partial charge < -0.3 is 20.1 Å². The molecule has 6 heteroatoms. The third-order valence-electron chi connectivity index (χ3n) is 5.34. The van der Waals surface area contributed by atoms with Crippen molar-refractivity contribution in [3.8, 4) is 11.5 Å². The molecule has 1 amide bonds. The van der Waals surface area contributed by atoms with Crippen LogP contribution in [0.3, 0.4) is 0 Å². The van der Waals surface area contributed by atoms with Gasteiger partial charge in [0.1, 0.15) is 0 Å². The van der Waals surface area contributed by atoms with Gasteiger partial charge in [0.25, 0.3) is 5.91 Å². The summed E-state index contributed by atoms with van der Waals surface area (Å²) in [5.74, 6) is 0.865. The Morgan fingerprint density at radius 1 is 1.03 bits per heavy atom. The topological polar surface area (TPSA) is 59.6 Å². The maximum Gasteiger partial charge on any atom is 0.262 e. The average Bonchev–Trinajstić information content (AvgIpc) is 2.82. The fourth-order valence-electron chi connectivity index (χ4n) is 3.41. The molecule has 0 aliphatic heterocycles. The highest BCUT2D eigenvalue weighted by molar-refractivity contribution is 9.10. The number of halogens is 1. The van der Waals surface area contributed by atoms with Gasteiger partial charge in [-0.15, -0.1) is 0 Å². The van der Waals surface area contributed by atoms with Crippen molar-refractivity contribution < 1.29 is 14.3 Å². The first-order valence-electron chi connectivity index (χ1n) is 11.1. The van der Waals surface area contributed by atoms with Crippen LogP contribution in [0.5, 0.6) is 11.5 Å². The van der Waals surface area contributed by atoms with E-state index in [2.05, 4.69) is 57.8 Å². The standard InChI is InChI=1S/C27H31BrN2O3/c1-19-9-13-23(14-10-19)30-26(31)18-33-27-24(28)15-22(16-25(27)32-3)17-29-20(2)11-12-21-7-5-4-6-8-21/h4-10,13-16,20,29H,11-12,17-18H2,1-3H3,(H,30,31)/t20-/m1/s1. The summed E-state index contributed by atoms with van der Waals surface area (Å²) in [6.07, 6.45) is 2.10. The van der Waals surface area contributed by atoms with Crippen LogP contribution < -0.4 is 20.1 Å². The molecule has 0 aliphatic carbocycles. The van der Waals surface area contributed by atoms with Crippen LogP contribution in [0.25, 0.3) is 0 Å². The number of hydrogen-bond acceptors (Lipinski definition) is 4. The Bertz CT molecular complexity index is 1040. The molecule has 0 heterocycles. The molecule has 0 aromatic heterocycles. The fourth-order valence-corrected chi connectivity index (χ4v) is 4.01. The molecule has 0 saturated heterocycles. The SMILES string of the molecule is COc1cc(CN[C@H](C)CCc2ccccc2)cc(Br)c1OCC(=O)Nc1ccc(C)cc1. The van der Waals surface area contributed by atoms with Crippen LogP contribution in [-0.4, -0.2) is 25.7 Å². The molecule has 3 aromatic rings. The minimum Gasteiger partial charge on any atom is -0.493 e. The summed E-state index contributed by atoms with van der Waals surface area (Å²) in [7, 11) is 1.60. The second-order valence-electron chi connectivity index (χ2n) is 8.12. The minimum absolute atomic E-state index is 0.114. The highest BCUT2D eigenvalue weighted by Gasteiger charge is 2.14. The summed E-state index contributed by atoms with van der Waals surface area (Å²) in [6.45, 7) is 4.79. The quantitative estimate of drug-likeness (QED) is 0.337. The third kappa shape index (κ3) is 7.91. The Morgan fingerprint density at radius 3 is 2.45 bits per heavy atom. The number of aryl methyl sites for hydroxylation is 2. The average molecular weight is 511 g/mol. The molecule has 2 N–H and O–H groups in total. The molecule has 0 radical (unpaired) electrons. The zero-order valence-electron chi connectivity index (χ0n) is 19.4. The zero-order valence-corrected chi connectivity index (χ0v) is 20.9. The fraction of sp³-hybridized carbons (Fsp3) is 0.296. The van der Waals surface area contributed by atoms with Gasteiger partial charge in [0.05, 0.1) is 11.6 Å². The first kappa shape index (κ1) is 24.8. The van der Waals surface area contributed by atoms with Gasteiger partial charge in [-0.1, -0.05) is 48.0 Å². The van der Waals surface area contributed by atoms with Crippen molar-refractivity contribution in [1.29, 1.82) is 0 Å². The Hall–Kier alpha value is -2.83.